The molecule has 1 aliphatic heterocycles. The van der Waals surface area contributed by atoms with Crippen molar-refractivity contribution in [3.8, 4) is 11.5 Å². The first-order chi connectivity index (χ1) is 15.5. The fraction of sp³-hybridized carbons (Fsp3) is 0.0870. The van der Waals surface area contributed by atoms with Gasteiger partial charge in [0, 0.05) is 5.69 Å². The number of carbonyl (C=O) groups is 3. The van der Waals surface area contributed by atoms with Crippen LogP contribution in [0.5, 0.6) is 11.5 Å². The van der Waals surface area contributed by atoms with Gasteiger partial charge in [-0.15, -0.1) is 0 Å². The number of fused-ring (bicyclic) bond motifs is 1. The van der Waals surface area contributed by atoms with Gasteiger partial charge in [-0.3, -0.25) is 9.59 Å². The summed E-state index contributed by atoms with van der Waals surface area (Å²) >= 11 is 0. The molecule has 0 bridgehead atoms. The molecule has 9 nitrogen and oxygen atoms in total. The maximum Gasteiger partial charge on any atom is 0.337 e. The van der Waals surface area contributed by atoms with E-state index in [2.05, 4.69) is 15.4 Å². The first-order valence-electron chi connectivity index (χ1n) is 9.49. The van der Waals surface area contributed by atoms with Crippen LogP contribution < -0.4 is 20.1 Å². The van der Waals surface area contributed by atoms with E-state index in [4.69, 9.17) is 13.9 Å². The van der Waals surface area contributed by atoms with Crippen molar-refractivity contribution in [2.75, 3.05) is 19.2 Å². The lowest BCUT2D eigenvalue weighted by atomic mass is 10.1. The summed E-state index contributed by atoms with van der Waals surface area (Å²) in [4.78, 5) is 37.0. The fourth-order valence-electron chi connectivity index (χ4n) is 2.93. The van der Waals surface area contributed by atoms with Crippen molar-refractivity contribution in [3.05, 3.63) is 83.4 Å². The second kappa shape index (κ2) is 9.09. The Morgan fingerprint density at radius 1 is 1.00 bits per heavy atom. The lowest BCUT2D eigenvalue weighted by Gasteiger charge is -2.11. The molecule has 0 spiro atoms. The standard InChI is InChI=1S/C23H18N2O7/c1-29-23(28)15-5-7-16(8-6-15)24-21(26)17(25-22(27)19-3-2-10-30-19)11-14-4-9-18-20(12-14)32-13-31-18/h2-12H,13H2,1H3,(H,24,26)(H,25,27). The summed E-state index contributed by atoms with van der Waals surface area (Å²) in [6.45, 7) is 0.118. The minimum atomic E-state index is -0.585. The van der Waals surface area contributed by atoms with Gasteiger partial charge in [-0.2, -0.15) is 0 Å². The van der Waals surface area contributed by atoms with E-state index < -0.39 is 17.8 Å². The molecule has 2 N–H and O–H groups in total. The highest BCUT2D eigenvalue weighted by Crippen LogP contribution is 2.33. The Hall–Kier alpha value is -4.53. The van der Waals surface area contributed by atoms with E-state index >= 15 is 0 Å². The Bertz CT molecular complexity index is 1180. The average Bonchev–Trinajstić information content (AvgIpc) is 3.50. The zero-order valence-electron chi connectivity index (χ0n) is 16.9. The van der Waals surface area contributed by atoms with Gasteiger partial charge in [0.2, 0.25) is 6.79 Å². The van der Waals surface area contributed by atoms with Crippen molar-refractivity contribution in [2.24, 2.45) is 0 Å². The van der Waals surface area contributed by atoms with Gasteiger partial charge in [0.25, 0.3) is 11.8 Å². The smallest absolute Gasteiger partial charge is 0.337 e. The summed E-state index contributed by atoms with van der Waals surface area (Å²) < 4.78 is 20.4. The Kier molecular flexibility index (Phi) is 5.89. The number of carbonyl (C=O) groups excluding carboxylic acids is 3. The predicted octanol–water partition coefficient (Wildman–Crippen LogP) is 3.20. The van der Waals surface area contributed by atoms with E-state index in [9.17, 15) is 14.4 Å². The van der Waals surface area contributed by atoms with E-state index in [1.165, 1.54) is 37.6 Å². The number of furan rings is 1. The number of anilines is 1. The summed E-state index contributed by atoms with van der Waals surface area (Å²) in [5, 5.41) is 5.25. The van der Waals surface area contributed by atoms with Crippen LogP contribution in [0.25, 0.3) is 6.08 Å². The molecule has 0 unspecified atom stereocenters. The van der Waals surface area contributed by atoms with Crippen LogP contribution in [0, 0.1) is 0 Å². The van der Waals surface area contributed by atoms with Crippen LogP contribution in [0.2, 0.25) is 0 Å². The molecule has 9 heteroatoms. The monoisotopic (exact) mass is 434 g/mol. The molecule has 2 heterocycles. The highest BCUT2D eigenvalue weighted by Gasteiger charge is 2.18. The van der Waals surface area contributed by atoms with Crippen LogP contribution in [0.3, 0.4) is 0 Å². The number of methoxy groups -OCH3 is 1. The van der Waals surface area contributed by atoms with Gasteiger partial charge in [0.1, 0.15) is 5.70 Å². The number of rotatable bonds is 6. The molecule has 32 heavy (non-hydrogen) atoms. The molecule has 0 saturated heterocycles. The molecule has 0 saturated carbocycles. The lowest BCUT2D eigenvalue weighted by molar-refractivity contribution is -0.113. The van der Waals surface area contributed by atoms with Gasteiger partial charge in [0.15, 0.2) is 17.3 Å². The molecular weight excluding hydrogens is 416 g/mol. The molecule has 2 amide bonds. The van der Waals surface area contributed by atoms with E-state index in [0.29, 0.717) is 28.3 Å². The number of nitrogens with one attached hydrogen (secondary N) is 2. The summed E-state index contributed by atoms with van der Waals surface area (Å²) in [5.74, 6) is -0.465. The van der Waals surface area contributed by atoms with Crippen molar-refractivity contribution in [1.29, 1.82) is 0 Å². The van der Waals surface area contributed by atoms with Gasteiger partial charge in [0.05, 0.1) is 18.9 Å². The van der Waals surface area contributed by atoms with Crippen LogP contribution in [0.15, 0.2) is 71.0 Å². The zero-order chi connectivity index (χ0) is 22.5. The third-order valence-electron chi connectivity index (χ3n) is 4.51. The van der Waals surface area contributed by atoms with E-state index in [1.54, 1.807) is 36.4 Å². The molecule has 2 aromatic carbocycles. The largest absolute Gasteiger partial charge is 0.465 e. The molecule has 4 rings (SSSR count). The van der Waals surface area contributed by atoms with Gasteiger partial charge in [-0.25, -0.2) is 4.79 Å². The number of benzene rings is 2. The Labute approximate surface area is 182 Å². The minimum absolute atomic E-state index is 0.0256. The molecule has 0 fully saturated rings. The van der Waals surface area contributed by atoms with Crippen molar-refractivity contribution in [1.82, 2.24) is 5.32 Å². The molecule has 162 valence electrons. The number of hydrogen-bond donors (Lipinski definition) is 2. The van der Waals surface area contributed by atoms with Gasteiger partial charge < -0.3 is 29.3 Å². The van der Waals surface area contributed by atoms with Crippen molar-refractivity contribution >= 4 is 29.5 Å². The summed E-state index contributed by atoms with van der Waals surface area (Å²) in [7, 11) is 1.28. The van der Waals surface area contributed by atoms with Crippen LogP contribution in [0.4, 0.5) is 5.69 Å². The summed E-state index contributed by atoms with van der Waals surface area (Å²) in [6, 6.07) is 14.3. The first-order valence-corrected chi connectivity index (χ1v) is 9.49. The highest BCUT2D eigenvalue weighted by molar-refractivity contribution is 6.10. The summed E-state index contributed by atoms with van der Waals surface area (Å²) in [5.41, 5.74) is 1.35. The first kappa shape index (κ1) is 20.7. The third kappa shape index (κ3) is 4.62. The SMILES string of the molecule is COC(=O)c1ccc(NC(=O)C(=Cc2ccc3c(c2)OCO3)NC(=O)c2ccco2)cc1. The second-order valence-corrected chi connectivity index (χ2v) is 6.63. The number of amides is 2. The van der Waals surface area contributed by atoms with Crippen molar-refractivity contribution in [3.63, 3.8) is 0 Å². The molecule has 1 aromatic heterocycles. The Morgan fingerprint density at radius 2 is 1.78 bits per heavy atom. The van der Waals surface area contributed by atoms with E-state index in [0.717, 1.165) is 0 Å². The van der Waals surface area contributed by atoms with Crippen LogP contribution in [-0.2, 0) is 9.53 Å². The van der Waals surface area contributed by atoms with E-state index in [-0.39, 0.29) is 18.3 Å². The van der Waals surface area contributed by atoms with Gasteiger partial charge in [-0.1, -0.05) is 6.07 Å². The van der Waals surface area contributed by atoms with Crippen LogP contribution in [-0.4, -0.2) is 31.7 Å². The normalized spacial score (nSPS) is 12.2. The predicted molar refractivity (Wildman–Crippen MR) is 113 cm³/mol. The highest BCUT2D eigenvalue weighted by atomic mass is 16.7. The molecule has 0 atom stereocenters. The maximum atomic E-state index is 13.0. The third-order valence-corrected chi connectivity index (χ3v) is 4.51. The Balaban J connectivity index is 1.58. The molecular formula is C23H18N2O7. The Morgan fingerprint density at radius 3 is 2.50 bits per heavy atom. The molecule has 0 aliphatic carbocycles. The molecule has 3 aromatic rings. The number of ether oxygens (including phenoxy) is 3. The van der Waals surface area contributed by atoms with E-state index in [1.807, 2.05) is 0 Å². The summed E-state index contributed by atoms with van der Waals surface area (Å²) in [6.07, 6.45) is 2.86. The number of hydrogen-bond acceptors (Lipinski definition) is 7. The van der Waals surface area contributed by atoms with Gasteiger partial charge >= 0.3 is 5.97 Å². The maximum absolute atomic E-state index is 13.0. The quantitative estimate of drug-likeness (QED) is 0.452. The zero-order valence-corrected chi connectivity index (χ0v) is 16.9. The minimum Gasteiger partial charge on any atom is -0.465 e. The average molecular weight is 434 g/mol. The lowest BCUT2D eigenvalue weighted by Crippen LogP contribution is -2.30. The van der Waals surface area contributed by atoms with Crippen LogP contribution >= 0.6 is 0 Å². The van der Waals surface area contributed by atoms with Crippen molar-refractivity contribution in [2.45, 2.75) is 0 Å². The van der Waals surface area contributed by atoms with Crippen molar-refractivity contribution < 1.29 is 33.0 Å². The second-order valence-electron chi connectivity index (χ2n) is 6.63. The topological polar surface area (TPSA) is 116 Å². The fourth-order valence-corrected chi connectivity index (χ4v) is 2.93. The molecule has 1 aliphatic rings. The van der Waals surface area contributed by atoms with Gasteiger partial charge in [-0.05, 0) is 60.2 Å². The number of esters is 1. The molecule has 0 radical (unpaired) electrons. The van der Waals surface area contributed by atoms with Crippen LogP contribution in [0.1, 0.15) is 26.5 Å².